The molecule has 1 aromatic heterocycles. The van der Waals surface area contributed by atoms with Gasteiger partial charge in [0.25, 0.3) is 0 Å². The summed E-state index contributed by atoms with van der Waals surface area (Å²) in [6.07, 6.45) is 1.37. The number of carbonyl (C=O) groups is 1. The van der Waals surface area contributed by atoms with E-state index in [0.717, 1.165) is 0 Å². The van der Waals surface area contributed by atoms with Gasteiger partial charge in [0.1, 0.15) is 17.2 Å². The highest BCUT2D eigenvalue weighted by molar-refractivity contribution is 5.80. The van der Waals surface area contributed by atoms with E-state index in [-0.39, 0.29) is 0 Å². The average Bonchev–Trinajstić information content (AvgIpc) is 2.77. The number of carboxylic acid groups (broad SMARTS) is 1. The van der Waals surface area contributed by atoms with Crippen LogP contribution in [0.1, 0.15) is 24.5 Å². The van der Waals surface area contributed by atoms with E-state index in [4.69, 9.17) is 5.11 Å². The fourth-order valence-electron chi connectivity index (χ4n) is 1.74. The lowest BCUT2D eigenvalue weighted by Crippen LogP contribution is -2.29. The highest BCUT2D eigenvalue weighted by atomic mass is 16.4. The summed E-state index contributed by atoms with van der Waals surface area (Å²) in [5, 5.41) is 16.8. The van der Waals surface area contributed by atoms with Crippen molar-refractivity contribution in [1.29, 1.82) is 0 Å². The van der Waals surface area contributed by atoms with Gasteiger partial charge >= 0.3 is 5.97 Å². The van der Waals surface area contributed by atoms with Gasteiger partial charge in [0.2, 0.25) is 0 Å². The zero-order valence-electron chi connectivity index (χ0n) is 7.61. The van der Waals surface area contributed by atoms with Crippen LogP contribution in [0.4, 0.5) is 0 Å². The minimum atomic E-state index is -0.779. The van der Waals surface area contributed by atoms with Gasteiger partial charge in [-0.2, -0.15) is 0 Å². The number of carboxylic acids is 1. The third kappa shape index (κ3) is 0.961. The quantitative estimate of drug-likeness (QED) is 0.720. The average molecular weight is 181 g/mol. The molecule has 1 aromatic rings. The molecule has 70 valence electrons. The minimum absolute atomic E-state index is 0.678. The first kappa shape index (κ1) is 8.22. The van der Waals surface area contributed by atoms with Crippen molar-refractivity contribution in [2.75, 3.05) is 0 Å². The lowest BCUT2D eigenvalue weighted by molar-refractivity contribution is -0.142. The monoisotopic (exact) mass is 181 g/mol. The van der Waals surface area contributed by atoms with Gasteiger partial charge in [0.15, 0.2) is 0 Å². The van der Waals surface area contributed by atoms with Crippen LogP contribution in [-0.2, 0) is 10.3 Å². The SMILES string of the molecule is Cc1nnc(C)n1C1(C(=O)O)CC1. The predicted molar refractivity (Wildman–Crippen MR) is 44.3 cm³/mol. The Morgan fingerprint density at radius 1 is 1.38 bits per heavy atom. The maximum absolute atomic E-state index is 11.0. The van der Waals surface area contributed by atoms with Crippen molar-refractivity contribution >= 4 is 5.97 Å². The second-order valence-electron chi connectivity index (χ2n) is 3.47. The lowest BCUT2D eigenvalue weighted by atomic mass is 10.2. The van der Waals surface area contributed by atoms with Gasteiger partial charge in [-0.05, 0) is 26.7 Å². The summed E-state index contributed by atoms with van der Waals surface area (Å²) >= 11 is 0. The van der Waals surface area contributed by atoms with E-state index in [2.05, 4.69) is 10.2 Å². The summed E-state index contributed by atoms with van der Waals surface area (Å²) in [6.45, 7) is 3.56. The van der Waals surface area contributed by atoms with Crippen LogP contribution in [0.2, 0.25) is 0 Å². The van der Waals surface area contributed by atoms with Crippen LogP contribution < -0.4 is 0 Å². The van der Waals surface area contributed by atoms with E-state index in [9.17, 15) is 4.79 Å². The van der Waals surface area contributed by atoms with Gasteiger partial charge in [-0.25, -0.2) is 4.79 Å². The molecule has 1 aliphatic rings. The topological polar surface area (TPSA) is 68.0 Å². The Morgan fingerprint density at radius 2 is 1.85 bits per heavy atom. The summed E-state index contributed by atoms with van der Waals surface area (Å²) < 4.78 is 1.72. The third-order valence-electron chi connectivity index (χ3n) is 2.54. The molecular formula is C8H11N3O2. The molecule has 1 saturated carbocycles. The second-order valence-corrected chi connectivity index (χ2v) is 3.47. The smallest absolute Gasteiger partial charge is 0.329 e. The fraction of sp³-hybridized carbons (Fsp3) is 0.625. The van der Waals surface area contributed by atoms with E-state index in [1.165, 1.54) is 0 Å². The van der Waals surface area contributed by atoms with E-state index in [1.807, 2.05) is 0 Å². The van der Waals surface area contributed by atoms with Crippen LogP contribution in [0.5, 0.6) is 0 Å². The van der Waals surface area contributed by atoms with Crippen LogP contribution >= 0.6 is 0 Å². The number of aliphatic carboxylic acids is 1. The highest BCUT2D eigenvalue weighted by Gasteiger charge is 2.53. The number of aryl methyl sites for hydroxylation is 2. The molecule has 0 unspecified atom stereocenters. The zero-order chi connectivity index (χ0) is 9.64. The molecular weight excluding hydrogens is 170 g/mol. The van der Waals surface area contributed by atoms with Gasteiger partial charge in [-0.3, -0.25) is 4.57 Å². The molecule has 0 bridgehead atoms. The molecule has 1 N–H and O–H groups in total. The summed E-state index contributed by atoms with van der Waals surface area (Å²) in [5.41, 5.74) is -0.738. The Balaban J connectivity index is 2.51. The van der Waals surface area contributed by atoms with E-state index >= 15 is 0 Å². The number of hydrogen-bond donors (Lipinski definition) is 1. The normalized spacial score (nSPS) is 18.6. The van der Waals surface area contributed by atoms with Gasteiger partial charge < -0.3 is 5.11 Å². The summed E-state index contributed by atoms with van der Waals surface area (Å²) in [5.74, 6) is 0.577. The number of aromatic nitrogens is 3. The van der Waals surface area contributed by atoms with Crippen molar-refractivity contribution < 1.29 is 9.90 Å². The van der Waals surface area contributed by atoms with Crippen LogP contribution in [-0.4, -0.2) is 25.8 Å². The first-order chi connectivity index (χ1) is 6.08. The molecule has 0 spiro atoms. The van der Waals surface area contributed by atoms with Crippen molar-refractivity contribution in [3.8, 4) is 0 Å². The predicted octanol–water partition coefficient (Wildman–Crippen LogP) is 0.469. The van der Waals surface area contributed by atoms with Crippen LogP contribution in [0.25, 0.3) is 0 Å². The highest BCUT2D eigenvalue weighted by Crippen LogP contribution is 2.44. The van der Waals surface area contributed by atoms with Crippen molar-refractivity contribution in [2.24, 2.45) is 0 Å². The summed E-state index contributed by atoms with van der Waals surface area (Å²) in [4.78, 5) is 11.0. The first-order valence-corrected chi connectivity index (χ1v) is 4.20. The summed E-state index contributed by atoms with van der Waals surface area (Å²) in [7, 11) is 0. The molecule has 0 radical (unpaired) electrons. The zero-order valence-corrected chi connectivity index (χ0v) is 7.61. The van der Waals surface area contributed by atoms with Crippen molar-refractivity contribution in [2.45, 2.75) is 32.2 Å². The molecule has 0 amide bonds. The van der Waals surface area contributed by atoms with E-state index in [1.54, 1.807) is 18.4 Å². The number of rotatable bonds is 2. The third-order valence-corrected chi connectivity index (χ3v) is 2.54. The van der Waals surface area contributed by atoms with E-state index < -0.39 is 11.5 Å². The lowest BCUT2D eigenvalue weighted by Gasteiger charge is -2.14. The van der Waals surface area contributed by atoms with Crippen molar-refractivity contribution in [3.05, 3.63) is 11.6 Å². The van der Waals surface area contributed by atoms with Crippen LogP contribution in [0, 0.1) is 13.8 Å². The molecule has 5 heteroatoms. The molecule has 0 aromatic carbocycles. The fourth-order valence-corrected chi connectivity index (χ4v) is 1.74. The second kappa shape index (κ2) is 2.31. The molecule has 13 heavy (non-hydrogen) atoms. The molecule has 1 fully saturated rings. The maximum atomic E-state index is 11.0. The molecule has 0 atom stereocenters. The molecule has 0 saturated heterocycles. The van der Waals surface area contributed by atoms with Gasteiger partial charge in [0.05, 0.1) is 0 Å². The maximum Gasteiger partial charge on any atom is 0.329 e. The molecule has 5 nitrogen and oxygen atoms in total. The molecule has 1 heterocycles. The van der Waals surface area contributed by atoms with Crippen molar-refractivity contribution in [3.63, 3.8) is 0 Å². The van der Waals surface area contributed by atoms with Gasteiger partial charge in [-0.1, -0.05) is 0 Å². The Kier molecular flexibility index (Phi) is 1.46. The number of nitrogens with zero attached hydrogens (tertiary/aromatic N) is 3. The number of hydrogen-bond acceptors (Lipinski definition) is 3. The van der Waals surface area contributed by atoms with E-state index in [0.29, 0.717) is 24.5 Å². The Hall–Kier alpha value is -1.39. The summed E-state index contributed by atoms with van der Waals surface area (Å²) in [6, 6.07) is 0. The molecule has 2 rings (SSSR count). The Labute approximate surface area is 75.4 Å². The standard InChI is InChI=1S/C8H11N3O2/c1-5-9-10-6(2)11(5)8(3-4-8)7(12)13/h3-4H2,1-2H3,(H,12,13). The largest absolute Gasteiger partial charge is 0.479 e. The van der Waals surface area contributed by atoms with Crippen molar-refractivity contribution in [1.82, 2.24) is 14.8 Å². The molecule has 0 aliphatic heterocycles. The minimum Gasteiger partial charge on any atom is -0.479 e. The molecule has 1 aliphatic carbocycles. The van der Waals surface area contributed by atoms with Gasteiger partial charge in [0, 0.05) is 0 Å². The van der Waals surface area contributed by atoms with Crippen LogP contribution in [0.3, 0.4) is 0 Å². The van der Waals surface area contributed by atoms with Gasteiger partial charge in [-0.15, -0.1) is 10.2 Å². The first-order valence-electron chi connectivity index (χ1n) is 4.20. The Morgan fingerprint density at radius 3 is 2.15 bits per heavy atom. The Bertz CT molecular complexity index is 346. The van der Waals surface area contributed by atoms with Crippen LogP contribution in [0.15, 0.2) is 0 Å².